The first-order chi connectivity index (χ1) is 9.56. The maximum absolute atomic E-state index is 13.0. The average molecular weight is 302 g/mol. The summed E-state index contributed by atoms with van der Waals surface area (Å²) in [5.41, 5.74) is 0.326. The maximum atomic E-state index is 13.0. The van der Waals surface area contributed by atoms with E-state index in [1.165, 1.54) is 18.2 Å². The van der Waals surface area contributed by atoms with Crippen LogP contribution >= 0.6 is 11.6 Å². The zero-order valence-corrected chi connectivity index (χ0v) is 12.0. The molecule has 2 atom stereocenters. The minimum absolute atomic E-state index is 0.0651. The number of ether oxygens (including phenoxy) is 2. The topological polar surface area (TPSA) is 47.6 Å². The monoisotopic (exact) mass is 301 g/mol. The molecule has 0 aliphatic carbocycles. The Morgan fingerprint density at radius 2 is 2.45 bits per heavy atom. The van der Waals surface area contributed by atoms with Gasteiger partial charge >= 0.3 is 0 Å². The van der Waals surface area contributed by atoms with Gasteiger partial charge in [-0.3, -0.25) is 4.79 Å². The Bertz CT molecular complexity index is 477. The molecule has 6 heteroatoms. The number of nitrogens with one attached hydrogen (secondary N) is 1. The Balaban J connectivity index is 1.81. The Labute approximate surface area is 122 Å². The van der Waals surface area contributed by atoms with E-state index in [4.69, 9.17) is 21.1 Å². The molecule has 1 aliphatic rings. The first-order valence-corrected chi connectivity index (χ1v) is 6.89. The summed E-state index contributed by atoms with van der Waals surface area (Å²) < 4.78 is 23.8. The predicted octanol–water partition coefficient (Wildman–Crippen LogP) is 2.40. The minimum atomic E-state index is -0.541. The van der Waals surface area contributed by atoms with Gasteiger partial charge in [-0.2, -0.15) is 0 Å². The van der Waals surface area contributed by atoms with Crippen LogP contribution in [0.15, 0.2) is 18.2 Å². The number of carbonyl (C=O) groups excluding carboxylic acids is 1. The summed E-state index contributed by atoms with van der Waals surface area (Å²) in [5.74, 6) is -0.841. The lowest BCUT2D eigenvalue weighted by molar-refractivity contribution is 0.0318. The summed E-state index contributed by atoms with van der Waals surface area (Å²) in [6.45, 7) is 3.58. The van der Waals surface area contributed by atoms with Crippen LogP contribution in [-0.2, 0) is 9.47 Å². The van der Waals surface area contributed by atoms with Crippen molar-refractivity contribution >= 4 is 17.5 Å². The lowest BCUT2D eigenvalue weighted by Gasteiger charge is -2.17. The summed E-state index contributed by atoms with van der Waals surface area (Å²) in [6, 6.07) is 3.74. The molecule has 1 aromatic carbocycles. The molecule has 0 bridgehead atoms. The van der Waals surface area contributed by atoms with Crippen LogP contribution in [0.4, 0.5) is 4.39 Å². The quantitative estimate of drug-likeness (QED) is 0.908. The lowest BCUT2D eigenvalue weighted by Crippen LogP contribution is -2.37. The molecule has 110 valence electrons. The van der Waals surface area contributed by atoms with Crippen LogP contribution in [0, 0.1) is 5.82 Å². The van der Waals surface area contributed by atoms with Gasteiger partial charge in [0.15, 0.2) is 0 Å². The average Bonchev–Trinajstić information content (AvgIpc) is 2.92. The number of amides is 1. The number of hydrogen-bond donors (Lipinski definition) is 1. The van der Waals surface area contributed by atoms with E-state index in [-0.39, 0.29) is 23.1 Å². The van der Waals surface area contributed by atoms with Crippen molar-refractivity contribution in [3.05, 3.63) is 34.6 Å². The number of halogens is 2. The van der Waals surface area contributed by atoms with Crippen LogP contribution in [-0.4, -0.2) is 37.9 Å². The molecule has 1 saturated heterocycles. The van der Waals surface area contributed by atoms with Crippen LogP contribution in [0.25, 0.3) is 0 Å². The fraction of sp³-hybridized carbons (Fsp3) is 0.500. The van der Waals surface area contributed by atoms with E-state index < -0.39 is 5.82 Å². The van der Waals surface area contributed by atoms with E-state index in [0.29, 0.717) is 18.8 Å². The zero-order valence-electron chi connectivity index (χ0n) is 11.2. The van der Waals surface area contributed by atoms with Gasteiger partial charge < -0.3 is 14.8 Å². The molecule has 1 aliphatic heterocycles. The highest BCUT2D eigenvalue weighted by molar-refractivity contribution is 6.31. The largest absolute Gasteiger partial charge is 0.379 e. The highest BCUT2D eigenvalue weighted by Crippen LogP contribution is 2.16. The van der Waals surface area contributed by atoms with Gasteiger partial charge in [0, 0.05) is 18.2 Å². The molecule has 2 rings (SSSR count). The van der Waals surface area contributed by atoms with E-state index in [2.05, 4.69) is 5.32 Å². The van der Waals surface area contributed by atoms with E-state index in [0.717, 1.165) is 13.0 Å². The smallest absolute Gasteiger partial charge is 0.251 e. The van der Waals surface area contributed by atoms with E-state index in [1.54, 1.807) is 0 Å². The Kier molecular flexibility index (Phi) is 5.34. The van der Waals surface area contributed by atoms with Gasteiger partial charge in [-0.25, -0.2) is 4.39 Å². The number of rotatable bonds is 5. The molecular weight excluding hydrogens is 285 g/mol. The second-order valence-electron chi connectivity index (χ2n) is 4.82. The SMILES string of the molecule is C[C@@H](CO[C@H]1CCOC1)NC(=O)c1ccc(F)c(Cl)c1. The van der Waals surface area contributed by atoms with Crippen LogP contribution in [0.5, 0.6) is 0 Å². The summed E-state index contributed by atoms with van der Waals surface area (Å²) in [5, 5.41) is 2.72. The van der Waals surface area contributed by atoms with Crippen molar-refractivity contribution in [3.8, 4) is 0 Å². The van der Waals surface area contributed by atoms with Crippen LogP contribution in [0.3, 0.4) is 0 Å². The number of benzene rings is 1. The molecule has 1 N–H and O–H groups in total. The van der Waals surface area contributed by atoms with Crippen molar-refractivity contribution in [1.82, 2.24) is 5.32 Å². The molecule has 0 radical (unpaired) electrons. The second-order valence-corrected chi connectivity index (χ2v) is 5.23. The summed E-state index contributed by atoms with van der Waals surface area (Å²) in [7, 11) is 0. The Hall–Kier alpha value is -1.17. The standard InChI is InChI=1S/C14H17ClFNO3/c1-9(7-20-11-4-5-19-8-11)17-14(18)10-2-3-13(16)12(15)6-10/h2-3,6,9,11H,4-5,7-8H2,1H3,(H,17,18)/t9-,11-/m0/s1. The first kappa shape index (κ1) is 15.2. The molecule has 1 amide bonds. The van der Waals surface area contributed by atoms with Gasteiger partial charge in [-0.15, -0.1) is 0 Å². The predicted molar refractivity (Wildman–Crippen MR) is 73.5 cm³/mol. The van der Waals surface area contributed by atoms with Crippen molar-refractivity contribution in [3.63, 3.8) is 0 Å². The highest BCUT2D eigenvalue weighted by atomic mass is 35.5. The number of carbonyl (C=O) groups is 1. The molecule has 0 saturated carbocycles. The molecule has 0 aromatic heterocycles. The highest BCUT2D eigenvalue weighted by Gasteiger charge is 2.18. The molecule has 4 nitrogen and oxygen atoms in total. The van der Waals surface area contributed by atoms with Crippen molar-refractivity contribution in [2.45, 2.75) is 25.5 Å². The number of hydrogen-bond acceptors (Lipinski definition) is 3. The summed E-state index contributed by atoms with van der Waals surface area (Å²) >= 11 is 5.65. The van der Waals surface area contributed by atoms with Gasteiger partial charge in [0.05, 0.1) is 24.3 Å². The summed E-state index contributed by atoms with van der Waals surface area (Å²) in [6.07, 6.45) is 0.989. The van der Waals surface area contributed by atoms with Crippen molar-refractivity contribution in [1.29, 1.82) is 0 Å². The maximum Gasteiger partial charge on any atom is 0.251 e. The fourth-order valence-corrected chi connectivity index (χ4v) is 2.09. The van der Waals surface area contributed by atoms with Crippen LogP contribution in [0.2, 0.25) is 5.02 Å². The van der Waals surface area contributed by atoms with Gasteiger partial charge in [0.2, 0.25) is 0 Å². The van der Waals surface area contributed by atoms with Gasteiger partial charge in [0.1, 0.15) is 5.82 Å². The van der Waals surface area contributed by atoms with Crippen molar-refractivity contribution in [2.75, 3.05) is 19.8 Å². The molecule has 0 unspecified atom stereocenters. The third-order valence-electron chi connectivity index (χ3n) is 3.03. The molecule has 0 spiro atoms. The van der Waals surface area contributed by atoms with Gasteiger partial charge in [-0.05, 0) is 31.5 Å². The fourth-order valence-electron chi connectivity index (χ4n) is 1.91. The minimum Gasteiger partial charge on any atom is -0.379 e. The Morgan fingerprint density at radius 3 is 3.10 bits per heavy atom. The second kappa shape index (κ2) is 7.02. The summed E-state index contributed by atoms with van der Waals surface area (Å²) in [4.78, 5) is 11.9. The zero-order chi connectivity index (χ0) is 14.5. The molecular formula is C14H17ClFNO3. The van der Waals surface area contributed by atoms with E-state index in [1.807, 2.05) is 6.92 Å². The van der Waals surface area contributed by atoms with Gasteiger partial charge in [0.25, 0.3) is 5.91 Å². The van der Waals surface area contributed by atoms with Gasteiger partial charge in [-0.1, -0.05) is 11.6 Å². The molecule has 1 fully saturated rings. The Morgan fingerprint density at radius 1 is 1.65 bits per heavy atom. The van der Waals surface area contributed by atoms with E-state index >= 15 is 0 Å². The lowest BCUT2D eigenvalue weighted by atomic mass is 10.2. The van der Waals surface area contributed by atoms with Crippen molar-refractivity contribution < 1.29 is 18.7 Å². The van der Waals surface area contributed by atoms with Crippen molar-refractivity contribution in [2.24, 2.45) is 0 Å². The first-order valence-electron chi connectivity index (χ1n) is 6.51. The molecule has 20 heavy (non-hydrogen) atoms. The molecule has 1 heterocycles. The van der Waals surface area contributed by atoms with Crippen LogP contribution < -0.4 is 5.32 Å². The third-order valence-corrected chi connectivity index (χ3v) is 3.32. The normalized spacial score (nSPS) is 19.9. The van der Waals surface area contributed by atoms with E-state index in [9.17, 15) is 9.18 Å². The van der Waals surface area contributed by atoms with Crippen LogP contribution in [0.1, 0.15) is 23.7 Å². The molecule has 1 aromatic rings. The third kappa shape index (κ3) is 4.16.